The average molecular weight is 369 g/mol. The van der Waals surface area contributed by atoms with Gasteiger partial charge in [0, 0.05) is 26.0 Å². The third-order valence-electron chi connectivity index (χ3n) is 2.52. The van der Waals surface area contributed by atoms with Crippen LogP contribution in [0.4, 0.5) is 4.39 Å². The van der Waals surface area contributed by atoms with Crippen molar-refractivity contribution in [1.82, 2.24) is 0 Å². The Morgan fingerprint density at radius 1 is 1.39 bits per heavy atom. The molecule has 0 saturated heterocycles. The highest BCUT2D eigenvalue weighted by atomic mass is 79.9. The number of halogens is 4. The molecule has 1 aromatic heterocycles. The zero-order valence-electron chi connectivity index (χ0n) is 9.09. The maximum Gasteiger partial charge on any atom is 0.127 e. The molecule has 6 heteroatoms. The molecule has 1 heterocycles. The monoisotopic (exact) mass is 367 g/mol. The van der Waals surface area contributed by atoms with Crippen LogP contribution in [0.3, 0.4) is 0 Å². The summed E-state index contributed by atoms with van der Waals surface area (Å²) in [7, 11) is 0. The molecule has 1 nitrogen and oxygen atoms in total. The van der Waals surface area contributed by atoms with Crippen molar-refractivity contribution in [3.8, 4) is 0 Å². The minimum atomic E-state index is -0.334. The third kappa shape index (κ3) is 3.06. The van der Waals surface area contributed by atoms with Gasteiger partial charge in [-0.2, -0.15) is 0 Å². The third-order valence-corrected chi connectivity index (χ3v) is 5.48. The maximum atomic E-state index is 13.6. The zero-order valence-corrected chi connectivity index (χ0v) is 13.0. The highest BCUT2D eigenvalue weighted by molar-refractivity contribution is 9.10. The summed E-state index contributed by atoms with van der Waals surface area (Å²) in [6.07, 6.45) is 0.342. The highest BCUT2D eigenvalue weighted by Crippen LogP contribution is 2.36. The van der Waals surface area contributed by atoms with Gasteiger partial charge >= 0.3 is 0 Å². The lowest BCUT2D eigenvalue weighted by molar-refractivity contribution is 0.595. The van der Waals surface area contributed by atoms with Crippen LogP contribution in [0.15, 0.2) is 28.7 Å². The van der Waals surface area contributed by atoms with Crippen molar-refractivity contribution in [2.45, 2.75) is 12.5 Å². The largest absolute Gasteiger partial charge is 0.323 e. The van der Waals surface area contributed by atoms with E-state index in [1.807, 2.05) is 6.07 Å². The van der Waals surface area contributed by atoms with E-state index >= 15 is 0 Å². The van der Waals surface area contributed by atoms with Gasteiger partial charge in [-0.25, -0.2) is 4.39 Å². The molecule has 18 heavy (non-hydrogen) atoms. The number of benzene rings is 1. The van der Waals surface area contributed by atoms with Gasteiger partial charge in [0.05, 0.1) is 0 Å². The van der Waals surface area contributed by atoms with Crippen LogP contribution in [0.2, 0.25) is 9.36 Å². The second kappa shape index (κ2) is 5.88. The van der Waals surface area contributed by atoms with Gasteiger partial charge in [0.1, 0.15) is 10.2 Å². The molecule has 0 amide bonds. The van der Waals surface area contributed by atoms with E-state index in [2.05, 4.69) is 15.9 Å². The Labute approximate surface area is 127 Å². The van der Waals surface area contributed by atoms with E-state index in [1.165, 1.54) is 17.4 Å². The SMILES string of the molecule is NC(Cc1c(F)cccc1Cl)c1cc(Br)c(Cl)s1. The summed E-state index contributed by atoms with van der Waals surface area (Å²) in [6, 6.07) is 6.14. The van der Waals surface area contributed by atoms with Crippen LogP contribution in [-0.2, 0) is 6.42 Å². The van der Waals surface area contributed by atoms with E-state index in [1.54, 1.807) is 12.1 Å². The normalized spacial score (nSPS) is 12.7. The summed E-state index contributed by atoms with van der Waals surface area (Å²) in [5.74, 6) is -0.334. The summed E-state index contributed by atoms with van der Waals surface area (Å²) in [5, 5.41) is 0.396. The van der Waals surface area contributed by atoms with Gasteiger partial charge in [-0.05, 0) is 40.5 Å². The Kier molecular flexibility index (Phi) is 4.67. The summed E-state index contributed by atoms with van der Waals surface area (Å²) in [5.41, 5.74) is 6.49. The summed E-state index contributed by atoms with van der Waals surface area (Å²) in [6.45, 7) is 0. The van der Waals surface area contributed by atoms with Crippen LogP contribution < -0.4 is 5.73 Å². The fourth-order valence-electron chi connectivity index (χ4n) is 1.59. The van der Waals surface area contributed by atoms with Gasteiger partial charge in [0.15, 0.2) is 0 Å². The fraction of sp³-hybridized carbons (Fsp3) is 0.167. The topological polar surface area (TPSA) is 26.0 Å². The zero-order chi connectivity index (χ0) is 13.3. The molecule has 0 saturated carbocycles. The Morgan fingerprint density at radius 3 is 2.67 bits per heavy atom. The molecule has 0 spiro atoms. The van der Waals surface area contributed by atoms with E-state index in [9.17, 15) is 4.39 Å². The van der Waals surface area contributed by atoms with Gasteiger partial charge in [0.25, 0.3) is 0 Å². The van der Waals surface area contributed by atoms with Crippen LogP contribution in [0.25, 0.3) is 0 Å². The number of nitrogens with two attached hydrogens (primary N) is 1. The van der Waals surface area contributed by atoms with Crippen LogP contribution in [0, 0.1) is 5.82 Å². The van der Waals surface area contributed by atoms with E-state index in [-0.39, 0.29) is 11.9 Å². The lowest BCUT2D eigenvalue weighted by Gasteiger charge is -2.11. The van der Waals surface area contributed by atoms with Gasteiger partial charge in [-0.3, -0.25) is 0 Å². The molecule has 2 N–H and O–H groups in total. The number of hydrogen-bond acceptors (Lipinski definition) is 2. The lowest BCUT2D eigenvalue weighted by Crippen LogP contribution is -2.13. The first-order valence-corrected chi connectivity index (χ1v) is 7.48. The molecule has 0 aliphatic carbocycles. The molecule has 0 radical (unpaired) electrons. The second-order valence-corrected chi connectivity index (χ2v) is 6.73. The highest BCUT2D eigenvalue weighted by Gasteiger charge is 2.16. The first-order valence-electron chi connectivity index (χ1n) is 5.12. The van der Waals surface area contributed by atoms with Crippen molar-refractivity contribution in [2.75, 3.05) is 0 Å². The quantitative estimate of drug-likeness (QED) is 0.791. The van der Waals surface area contributed by atoms with Crippen molar-refractivity contribution in [2.24, 2.45) is 5.73 Å². The average Bonchev–Trinajstić information content (AvgIpc) is 2.64. The van der Waals surface area contributed by atoms with Gasteiger partial charge < -0.3 is 5.73 Å². The molecule has 96 valence electrons. The molecule has 0 aliphatic rings. The van der Waals surface area contributed by atoms with E-state index in [0.717, 1.165) is 9.35 Å². The fourth-order valence-corrected chi connectivity index (χ4v) is 3.57. The first kappa shape index (κ1) is 14.3. The van der Waals surface area contributed by atoms with Gasteiger partial charge in [0.2, 0.25) is 0 Å². The van der Waals surface area contributed by atoms with E-state index in [4.69, 9.17) is 28.9 Å². The molecular weight excluding hydrogens is 360 g/mol. The Bertz CT molecular complexity index is 533. The van der Waals surface area contributed by atoms with Crippen molar-refractivity contribution >= 4 is 50.5 Å². The minimum absolute atomic E-state index is 0.326. The molecule has 0 aliphatic heterocycles. The molecule has 0 fully saturated rings. The summed E-state index contributed by atoms with van der Waals surface area (Å²) in [4.78, 5) is 0.895. The smallest absolute Gasteiger partial charge is 0.127 e. The lowest BCUT2D eigenvalue weighted by atomic mass is 10.0. The molecule has 1 atom stereocenters. The van der Waals surface area contributed by atoms with Crippen LogP contribution in [-0.4, -0.2) is 0 Å². The van der Waals surface area contributed by atoms with Gasteiger partial charge in [-0.1, -0.05) is 29.3 Å². The summed E-state index contributed by atoms with van der Waals surface area (Å²) < 4.78 is 15.1. The van der Waals surface area contributed by atoms with Gasteiger partial charge in [-0.15, -0.1) is 11.3 Å². The molecular formula is C12H9BrCl2FNS. The standard InChI is InChI=1S/C12H9BrCl2FNS/c13-7-5-11(18-12(7)15)10(17)4-6-8(14)2-1-3-9(6)16/h1-3,5,10H,4,17H2. The van der Waals surface area contributed by atoms with Crippen LogP contribution in [0.5, 0.6) is 0 Å². The molecule has 0 bridgehead atoms. The van der Waals surface area contributed by atoms with E-state index in [0.29, 0.717) is 21.3 Å². The maximum absolute atomic E-state index is 13.6. The van der Waals surface area contributed by atoms with Crippen LogP contribution in [0.1, 0.15) is 16.5 Å². The predicted molar refractivity (Wildman–Crippen MR) is 79.1 cm³/mol. The number of rotatable bonds is 3. The summed E-state index contributed by atoms with van der Waals surface area (Å²) >= 11 is 16.6. The number of hydrogen-bond donors (Lipinski definition) is 1. The Balaban J connectivity index is 2.23. The molecule has 2 aromatic rings. The van der Waals surface area contributed by atoms with Crippen LogP contribution >= 0.6 is 50.5 Å². The molecule has 1 aromatic carbocycles. The van der Waals surface area contributed by atoms with Crippen molar-refractivity contribution in [1.29, 1.82) is 0 Å². The Hall–Kier alpha value is -0.130. The molecule has 2 rings (SSSR count). The second-order valence-electron chi connectivity index (χ2n) is 3.78. The predicted octanol–water partition coefficient (Wildman–Crippen LogP) is 5.20. The van der Waals surface area contributed by atoms with Crippen molar-refractivity contribution in [3.05, 3.63) is 54.4 Å². The number of thiophene rings is 1. The van der Waals surface area contributed by atoms with Crippen molar-refractivity contribution < 1.29 is 4.39 Å². The van der Waals surface area contributed by atoms with Crippen molar-refractivity contribution in [3.63, 3.8) is 0 Å². The Morgan fingerprint density at radius 2 is 2.11 bits per heavy atom. The molecule has 1 unspecified atom stereocenters. The van der Waals surface area contributed by atoms with E-state index < -0.39 is 0 Å². The first-order chi connectivity index (χ1) is 8.49. The minimum Gasteiger partial charge on any atom is -0.323 e.